The molecule has 3 N–H and O–H groups in total. The lowest BCUT2D eigenvalue weighted by atomic mass is 10.1. The zero-order valence-corrected chi connectivity index (χ0v) is 13.8. The molecule has 9 heteroatoms. The van der Waals surface area contributed by atoms with E-state index in [0.29, 0.717) is 12.5 Å². The zero-order valence-electron chi connectivity index (χ0n) is 11.4. The number of aromatic nitrogens is 2. The summed E-state index contributed by atoms with van der Waals surface area (Å²) in [6.07, 6.45) is 3.40. The number of hydrogen-bond donors (Lipinski definition) is 3. The van der Waals surface area contributed by atoms with Crippen molar-refractivity contribution < 1.29 is 4.79 Å². The molecular weight excluding hydrogens is 364 g/mol. The molecule has 0 spiro atoms. The van der Waals surface area contributed by atoms with Crippen molar-refractivity contribution >= 4 is 34.2 Å². The third kappa shape index (κ3) is 5.29. The summed E-state index contributed by atoms with van der Waals surface area (Å²) in [6, 6.07) is 0. The Bertz CT molecular complexity index is 595. The van der Waals surface area contributed by atoms with Crippen LogP contribution in [0.3, 0.4) is 0 Å². The molecule has 1 amide bonds. The van der Waals surface area contributed by atoms with Crippen LogP contribution < -0.4 is 21.9 Å². The fraction of sp³-hybridized carbons (Fsp3) is 0.583. The Hall–Kier alpha value is -1.12. The fourth-order valence-corrected chi connectivity index (χ4v) is 2.53. The van der Waals surface area contributed by atoms with Gasteiger partial charge in [0, 0.05) is 12.7 Å². The van der Waals surface area contributed by atoms with Crippen LogP contribution in [-0.2, 0) is 11.3 Å². The number of carbonyl (C=O) groups excluding carboxylic acids is 1. The third-order valence-electron chi connectivity index (χ3n) is 3.32. The molecule has 0 bridgehead atoms. The van der Waals surface area contributed by atoms with Gasteiger partial charge in [-0.05, 0) is 47.8 Å². The summed E-state index contributed by atoms with van der Waals surface area (Å²) >= 11 is 3.03. The van der Waals surface area contributed by atoms with Gasteiger partial charge in [0.15, 0.2) is 0 Å². The lowest BCUT2D eigenvalue weighted by Crippen LogP contribution is -2.36. The molecule has 1 saturated heterocycles. The van der Waals surface area contributed by atoms with E-state index in [1.54, 1.807) is 0 Å². The standard InChI is InChI=1S/C12H17BrN4O3.ClH/c13-9-6-17(12(20)16-11(9)19)7-10(18)15-4-2-8-1-3-14-5-8;/h6,8,14H,1-5,7H2,(H,15,18)(H,16,19,20);1H. The number of carbonyl (C=O) groups is 1. The van der Waals surface area contributed by atoms with Crippen LogP contribution in [-0.4, -0.2) is 35.1 Å². The van der Waals surface area contributed by atoms with E-state index in [0.717, 1.165) is 30.5 Å². The highest BCUT2D eigenvalue weighted by atomic mass is 79.9. The smallest absolute Gasteiger partial charge is 0.328 e. The number of nitrogens with zero attached hydrogens (tertiary/aromatic N) is 1. The van der Waals surface area contributed by atoms with Crippen LogP contribution >= 0.6 is 28.3 Å². The van der Waals surface area contributed by atoms with Gasteiger partial charge in [0.05, 0.1) is 4.47 Å². The second-order valence-corrected chi connectivity index (χ2v) is 5.72. The predicted molar refractivity (Wildman–Crippen MR) is 84.9 cm³/mol. The zero-order chi connectivity index (χ0) is 14.5. The van der Waals surface area contributed by atoms with E-state index in [-0.39, 0.29) is 29.3 Å². The van der Waals surface area contributed by atoms with Crippen molar-refractivity contribution in [3.8, 4) is 0 Å². The summed E-state index contributed by atoms with van der Waals surface area (Å²) in [5.74, 6) is 0.372. The molecule has 2 rings (SSSR count). The van der Waals surface area contributed by atoms with Gasteiger partial charge < -0.3 is 10.6 Å². The Balaban J connectivity index is 0.00000220. The summed E-state index contributed by atoms with van der Waals surface area (Å²) in [5, 5.41) is 6.06. The first-order chi connectivity index (χ1) is 9.56. The van der Waals surface area contributed by atoms with Gasteiger partial charge in [0.1, 0.15) is 6.54 Å². The van der Waals surface area contributed by atoms with Gasteiger partial charge in [-0.1, -0.05) is 0 Å². The molecule has 0 radical (unpaired) electrons. The second-order valence-electron chi connectivity index (χ2n) is 4.86. The van der Waals surface area contributed by atoms with Crippen LogP contribution in [0.1, 0.15) is 12.8 Å². The Kier molecular flexibility index (Phi) is 7.13. The molecule has 118 valence electrons. The number of aromatic amines is 1. The van der Waals surface area contributed by atoms with Gasteiger partial charge in [-0.2, -0.15) is 0 Å². The lowest BCUT2D eigenvalue weighted by Gasteiger charge is -2.10. The topological polar surface area (TPSA) is 96.0 Å². The maximum Gasteiger partial charge on any atom is 0.328 e. The van der Waals surface area contributed by atoms with E-state index in [1.807, 2.05) is 0 Å². The van der Waals surface area contributed by atoms with Crippen LogP contribution in [0.2, 0.25) is 0 Å². The van der Waals surface area contributed by atoms with E-state index < -0.39 is 11.2 Å². The second kappa shape index (κ2) is 8.35. The van der Waals surface area contributed by atoms with Crippen molar-refractivity contribution in [2.24, 2.45) is 5.92 Å². The molecule has 0 aromatic carbocycles. The minimum atomic E-state index is -0.589. The quantitative estimate of drug-likeness (QED) is 0.660. The first-order valence-electron chi connectivity index (χ1n) is 6.53. The molecular formula is C12H18BrClN4O3. The molecule has 1 aromatic rings. The number of H-pyrrole nitrogens is 1. The number of rotatable bonds is 5. The molecule has 0 aliphatic carbocycles. The van der Waals surface area contributed by atoms with E-state index in [1.165, 1.54) is 6.20 Å². The van der Waals surface area contributed by atoms with Crippen LogP contribution in [0.25, 0.3) is 0 Å². The third-order valence-corrected chi connectivity index (χ3v) is 3.88. The molecule has 21 heavy (non-hydrogen) atoms. The molecule has 1 aliphatic rings. The summed E-state index contributed by atoms with van der Waals surface area (Å²) in [5.41, 5.74) is -1.09. The van der Waals surface area contributed by atoms with Crippen LogP contribution in [0, 0.1) is 5.92 Å². The van der Waals surface area contributed by atoms with Crippen LogP contribution in [0.4, 0.5) is 0 Å². The fourth-order valence-electron chi connectivity index (χ4n) is 2.19. The van der Waals surface area contributed by atoms with E-state index in [2.05, 4.69) is 31.5 Å². The van der Waals surface area contributed by atoms with E-state index >= 15 is 0 Å². The average molecular weight is 382 g/mol. The van der Waals surface area contributed by atoms with E-state index in [9.17, 15) is 14.4 Å². The Morgan fingerprint density at radius 1 is 1.48 bits per heavy atom. The van der Waals surface area contributed by atoms with E-state index in [4.69, 9.17) is 0 Å². The number of halogens is 2. The minimum absolute atomic E-state index is 0. The Morgan fingerprint density at radius 2 is 2.24 bits per heavy atom. The van der Waals surface area contributed by atoms with Crippen molar-refractivity contribution in [3.05, 3.63) is 31.5 Å². The highest BCUT2D eigenvalue weighted by Crippen LogP contribution is 2.10. The molecule has 1 aliphatic heterocycles. The first-order valence-corrected chi connectivity index (χ1v) is 7.32. The van der Waals surface area contributed by atoms with Crippen molar-refractivity contribution in [1.29, 1.82) is 0 Å². The van der Waals surface area contributed by atoms with Crippen LogP contribution in [0.5, 0.6) is 0 Å². The van der Waals surface area contributed by atoms with Gasteiger partial charge in [0.25, 0.3) is 5.56 Å². The van der Waals surface area contributed by atoms with Gasteiger partial charge in [-0.25, -0.2) is 4.79 Å². The molecule has 1 atom stereocenters. The molecule has 1 aromatic heterocycles. The molecule has 1 unspecified atom stereocenters. The van der Waals surface area contributed by atoms with Gasteiger partial charge in [-0.3, -0.25) is 19.1 Å². The maximum absolute atomic E-state index is 11.7. The predicted octanol–water partition coefficient (Wildman–Crippen LogP) is -0.163. The van der Waals surface area contributed by atoms with Gasteiger partial charge in [0.2, 0.25) is 5.91 Å². The van der Waals surface area contributed by atoms with Gasteiger partial charge in [-0.15, -0.1) is 12.4 Å². The summed E-state index contributed by atoms with van der Waals surface area (Å²) in [7, 11) is 0. The highest BCUT2D eigenvalue weighted by molar-refractivity contribution is 9.10. The van der Waals surface area contributed by atoms with Crippen molar-refractivity contribution in [2.45, 2.75) is 19.4 Å². The maximum atomic E-state index is 11.7. The largest absolute Gasteiger partial charge is 0.355 e. The molecule has 7 nitrogen and oxygen atoms in total. The Morgan fingerprint density at radius 3 is 2.90 bits per heavy atom. The SMILES string of the molecule is Cl.O=C(Cn1cc(Br)c(=O)[nH]c1=O)NCCC1CCNC1. The Labute approximate surface area is 136 Å². The first kappa shape index (κ1) is 17.9. The normalized spacial score (nSPS) is 17.3. The highest BCUT2D eigenvalue weighted by Gasteiger charge is 2.14. The number of hydrogen-bond acceptors (Lipinski definition) is 4. The average Bonchev–Trinajstić information content (AvgIpc) is 2.89. The minimum Gasteiger partial charge on any atom is -0.355 e. The van der Waals surface area contributed by atoms with Gasteiger partial charge >= 0.3 is 5.69 Å². The number of amides is 1. The van der Waals surface area contributed by atoms with Crippen LogP contribution in [0.15, 0.2) is 20.3 Å². The lowest BCUT2D eigenvalue weighted by molar-refractivity contribution is -0.121. The monoisotopic (exact) mass is 380 g/mol. The summed E-state index contributed by atoms with van der Waals surface area (Å²) < 4.78 is 1.39. The molecule has 0 saturated carbocycles. The van der Waals surface area contributed by atoms with Crippen molar-refractivity contribution in [2.75, 3.05) is 19.6 Å². The van der Waals surface area contributed by atoms with Crippen molar-refractivity contribution in [1.82, 2.24) is 20.2 Å². The summed E-state index contributed by atoms with van der Waals surface area (Å²) in [6.45, 7) is 2.54. The summed E-state index contributed by atoms with van der Waals surface area (Å²) in [4.78, 5) is 36.6. The molecule has 1 fully saturated rings. The van der Waals surface area contributed by atoms with Crippen molar-refractivity contribution in [3.63, 3.8) is 0 Å². The molecule has 2 heterocycles. The number of nitrogens with one attached hydrogen (secondary N) is 3.